The Balaban J connectivity index is -0.000000273. The molecule has 8 N–H and O–H groups in total. The van der Waals surface area contributed by atoms with Crippen molar-refractivity contribution in [1.82, 2.24) is 0 Å². The molecular formula is C13H27O10-. The minimum atomic E-state index is -1.23. The predicted octanol–water partition coefficient (Wildman–Crippen LogP) is -5.19. The molecule has 0 atom stereocenters. The first-order valence-corrected chi connectivity index (χ1v) is 6.46. The number of aliphatic carboxylic acids is 1. The standard InChI is InChI=1S/2C5H12O4.C3H4O2/c2*6-1-5(2-7,3-8)4-9;1-2-3(4)5/h2*6-9H,1-4H2;2H,1H2,(H,4,5)/p-1. The van der Waals surface area contributed by atoms with Gasteiger partial charge in [0.05, 0.1) is 69.7 Å². The Hall–Kier alpha value is -1.11. The van der Waals surface area contributed by atoms with E-state index in [1.54, 1.807) is 0 Å². The van der Waals surface area contributed by atoms with E-state index in [9.17, 15) is 0 Å². The summed E-state index contributed by atoms with van der Waals surface area (Å²) in [5.74, 6) is -1.23. The molecule has 0 aliphatic rings. The van der Waals surface area contributed by atoms with E-state index < -0.39 is 69.7 Å². The van der Waals surface area contributed by atoms with Gasteiger partial charge in [-0.25, -0.2) is 0 Å². The van der Waals surface area contributed by atoms with Gasteiger partial charge in [0.15, 0.2) is 0 Å². The number of carboxylic acid groups (broad SMARTS) is 1. The SMILES string of the molecule is C=CC(=O)[O-].OCC(CO)(CO)CO.OCC(CO)(CO)CO. The Bertz CT molecular complexity index is 231. The number of hydrogen-bond acceptors (Lipinski definition) is 10. The van der Waals surface area contributed by atoms with Crippen LogP contribution < -0.4 is 5.11 Å². The number of aliphatic hydroxyl groups excluding tert-OH is 8. The zero-order chi connectivity index (χ0) is 18.9. The summed E-state index contributed by atoms with van der Waals surface area (Å²) in [7, 11) is 0. The van der Waals surface area contributed by atoms with Gasteiger partial charge in [-0.3, -0.25) is 0 Å². The normalized spacial score (nSPS) is 10.8. The fourth-order valence-electron chi connectivity index (χ4n) is 0.600. The van der Waals surface area contributed by atoms with Crippen LogP contribution in [-0.4, -0.2) is 99.7 Å². The lowest BCUT2D eigenvalue weighted by molar-refractivity contribution is -0.297. The molecule has 0 aliphatic carbocycles. The van der Waals surface area contributed by atoms with Gasteiger partial charge in [0.25, 0.3) is 0 Å². The Labute approximate surface area is 134 Å². The monoisotopic (exact) mass is 343 g/mol. The molecule has 0 radical (unpaired) electrons. The van der Waals surface area contributed by atoms with E-state index in [4.69, 9.17) is 50.8 Å². The van der Waals surface area contributed by atoms with Gasteiger partial charge in [0.2, 0.25) is 0 Å². The van der Waals surface area contributed by atoms with Gasteiger partial charge >= 0.3 is 0 Å². The summed E-state index contributed by atoms with van der Waals surface area (Å²) >= 11 is 0. The maximum absolute atomic E-state index is 9.14. The van der Waals surface area contributed by atoms with Crippen molar-refractivity contribution in [3.63, 3.8) is 0 Å². The molecule has 140 valence electrons. The second-order valence-electron chi connectivity index (χ2n) is 4.79. The molecule has 0 saturated carbocycles. The van der Waals surface area contributed by atoms with Crippen molar-refractivity contribution in [3.8, 4) is 0 Å². The predicted molar refractivity (Wildman–Crippen MR) is 76.8 cm³/mol. The summed E-state index contributed by atoms with van der Waals surface area (Å²) in [5, 5.41) is 77.1. The van der Waals surface area contributed by atoms with Gasteiger partial charge in [-0.15, -0.1) is 0 Å². The lowest BCUT2D eigenvalue weighted by atomic mass is 9.93. The molecule has 0 spiro atoms. The summed E-state index contributed by atoms with van der Waals surface area (Å²) in [5.41, 5.74) is -2.22. The number of carboxylic acids is 1. The minimum Gasteiger partial charge on any atom is -0.545 e. The van der Waals surface area contributed by atoms with Crippen molar-refractivity contribution in [1.29, 1.82) is 0 Å². The minimum absolute atomic E-state index is 0.406. The molecule has 0 aromatic heterocycles. The average molecular weight is 343 g/mol. The number of hydrogen-bond donors (Lipinski definition) is 8. The van der Waals surface area contributed by atoms with E-state index >= 15 is 0 Å². The Morgan fingerprint density at radius 2 is 0.826 bits per heavy atom. The number of carbonyl (C=O) groups is 1. The van der Waals surface area contributed by atoms with E-state index in [2.05, 4.69) is 6.58 Å². The van der Waals surface area contributed by atoms with E-state index in [1.807, 2.05) is 0 Å². The zero-order valence-corrected chi connectivity index (χ0v) is 12.8. The van der Waals surface area contributed by atoms with Gasteiger partial charge in [-0.05, 0) is 6.08 Å². The maximum Gasteiger partial charge on any atom is 0.0636 e. The average Bonchev–Trinajstić information content (AvgIpc) is 2.61. The van der Waals surface area contributed by atoms with Crippen LogP contribution in [0.4, 0.5) is 0 Å². The molecule has 10 nitrogen and oxygen atoms in total. The summed E-state index contributed by atoms with van der Waals surface area (Å²) in [6.45, 7) is -0.352. The molecule has 10 heteroatoms. The topological polar surface area (TPSA) is 202 Å². The summed E-state index contributed by atoms with van der Waals surface area (Å²) in [6.07, 6.45) is 0.722. The van der Waals surface area contributed by atoms with Crippen LogP contribution in [0.25, 0.3) is 0 Å². The third-order valence-corrected chi connectivity index (χ3v) is 2.85. The van der Waals surface area contributed by atoms with Crippen LogP contribution in [0.5, 0.6) is 0 Å². The van der Waals surface area contributed by atoms with Crippen molar-refractivity contribution in [2.75, 3.05) is 52.9 Å². The Morgan fingerprint density at radius 1 is 0.696 bits per heavy atom. The zero-order valence-electron chi connectivity index (χ0n) is 12.8. The van der Waals surface area contributed by atoms with Crippen LogP contribution in [-0.2, 0) is 4.79 Å². The summed E-state index contributed by atoms with van der Waals surface area (Å²) < 4.78 is 0. The quantitative estimate of drug-likeness (QED) is 0.187. The van der Waals surface area contributed by atoms with Gasteiger partial charge < -0.3 is 50.8 Å². The fourth-order valence-corrected chi connectivity index (χ4v) is 0.600. The summed E-state index contributed by atoms with van der Waals surface area (Å²) in [6, 6.07) is 0. The van der Waals surface area contributed by atoms with Crippen molar-refractivity contribution in [3.05, 3.63) is 12.7 Å². The van der Waals surface area contributed by atoms with Crippen LogP contribution in [0, 0.1) is 10.8 Å². The summed E-state index contributed by atoms with van der Waals surface area (Å²) in [4.78, 5) is 9.14. The molecule has 0 aromatic carbocycles. The first-order chi connectivity index (χ1) is 10.8. The number of carbonyl (C=O) groups excluding carboxylic acids is 1. The first-order valence-electron chi connectivity index (χ1n) is 6.46. The molecule has 0 aromatic rings. The van der Waals surface area contributed by atoms with Crippen LogP contribution in [0.3, 0.4) is 0 Å². The number of aliphatic hydroxyl groups is 8. The van der Waals surface area contributed by atoms with Crippen molar-refractivity contribution < 1.29 is 50.8 Å². The molecular weight excluding hydrogens is 316 g/mol. The molecule has 23 heavy (non-hydrogen) atoms. The van der Waals surface area contributed by atoms with Gasteiger partial charge in [-0.1, -0.05) is 6.58 Å². The van der Waals surface area contributed by atoms with Crippen LogP contribution in [0.2, 0.25) is 0 Å². The highest BCUT2D eigenvalue weighted by molar-refractivity contribution is 5.76. The largest absolute Gasteiger partial charge is 0.545 e. The van der Waals surface area contributed by atoms with Gasteiger partial charge in [-0.2, -0.15) is 0 Å². The van der Waals surface area contributed by atoms with Crippen LogP contribution >= 0.6 is 0 Å². The van der Waals surface area contributed by atoms with E-state index in [0.717, 1.165) is 6.08 Å². The molecule has 0 saturated heterocycles. The fraction of sp³-hybridized carbons (Fsp3) is 0.769. The smallest absolute Gasteiger partial charge is 0.0636 e. The molecule has 0 bridgehead atoms. The number of rotatable bonds is 9. The first kappa shape index (κ1) is 26.8. The molecule has 0 fully saturated rings. The van der Waals surface area contributed by atoms with Crippen LogP contribution in [0.15, 0.2) is 12.7 Å². The molecule has 0 heterocycles. The van der Waals surface area contributed by atoms with Gasteiger partial charge in [0.1, 0.15) is 0 Å². The molecule has 0 amide bonds. The second-order valence-corrected chi connectivity index (χ2v) is 4.79. The van der Waals surface area contributed by atoms with E-state index in [-0.39, 0.29) is 0 Å². The van der Waals surface area contributed by atoms with E-state index in [0.29, 0.717) is 0 Å². The van der Waals surface area contributed by atoms with Crippen molar-refractivity contribution >= 4 is 5.97 Å². The highest BCUT2D eigenvalue weighted by Gasteiger charge is 2.27. The third kappa shape index (κ3) is 12.0. The third-order valence-electron chi connectivity index (χ3n) is 2.85. The lowest BCUT2D eigenvalue weighted by Crippen LogP contribution is -2.37. The lowest BCUT2D eigenvalue weighted by Gasteiger charge is -2.23. The molecule has 0 unspecified atom stereocenters. The van der Waals surface area contributed by atoms with Crippen LogP contribution in [0.1, 0.15) is 0 Å². The maximum atomic E-state index is 9.14. The molecule has 0 rings (SSSR count). The van der Waals surface area contributed by atoms with Gasteiger partial charge in [0, 0.05) is 0 Å². The second kappa shape index (κ2) is 15.8. The molecule has 0 aliphatic heterocycles. The highest BCUT2D eigenvalue weighted by atomic mass is 16.4. The highest BCUT2D eigenvalue weighted by Crippen LogP contribution is 2.12. The van der Waals surface area contributed by atoms with E-state index in [1.165, 1.54) is 0 Å². The van der Waals surface area contributed by atoms with Crippen molar-refractivity contribution in [2.24, 2.45) is 10.8 Å². The Morgan fingerprint density at radius 3 is 0.826 bits per heavy atom. The van der Waals surface area contributed by atoms with Crippen molar-refractivity contribution in [2.45, 2.75) is 0 Å². The Kier molecular flexibility index (Phi) is 18.4.